The van der Waals surface area contributed by atoms with Crippen LogP contribution in [0.3, 0.4) is 0 Å². The molecule has 0 saturated carbocycles. The molecule has 0 spiro atoms. The fourth-order valence-corrected chi connectivity index (χ4v) is 4.50. The lowest BCUT2D eigenvalue weighted by molar-refractivity contribution is -0.113. The maximum Gasteiger partial charge on any atom is 0.234 e. The van der Waals surface area contributed by atoms with Gasteiger partial charge in [-0.05, 0) is 56.0 Å². The average Bonchev–Trinajstić information content (AvgIpc) is 3.21. The van der Waals surface area contributed by atoms with Gasteiger partial charge in [-0.1, -0.05) is 61.5 Å². The monoisotopic (exact) mass is 472 g/mol. The highest BCUT2D eigenvalue weighted by Gasteiger charge is 2.20. The Balaban J connectivity index is 1.67. The highest BCUT2D eigenvalue weighted by molar-refractivity contribution is 7.99. The van der Waals surface area contributed by atoms with Gasteiger partial charge in [-0.25, -0.2) is 0 Å². The molecule has 3 aromatic rings. The van der Waals surface area contributed by atoms with Crippen LogP contribution in [0.15, 0.2) is 47.6 Å². The number of rotatable bonds is 10. The van der Waals surface area contributed by atoms with E-state index in [-0.39, 0.29) is 17.8 Å². The normalized spacial score (nSPS) is 11.9. The predicted molar refractivity (Wildman–Crippen MR) is 131 cm³/mol. The van der Waals surface area contributed by atoms with Crippen LogP contribution >= 0.6 is 23.4 Å². The third-order valence-corrected chi connectivity index (χ3v) is 6.33. The van der Waals surface area contributed by atoms with Gasteiger partial charge in [0.05, 0.1) is 5.75 Å². The molecule has 1 aromatic heterocycles. The molecule has 0 aliphatic carbocycles. The van der Waals surface area contributed by atoms with E-state index in [4.69, 9.17) is 16.3 Å². The summed E-state index contributed by atoms with van der Waals surface area (Å²) in [5, 5.41) is 13.0. The van der Waals surface area contributed by atoms with Crippen LogP contribution in [0.4, 0.5) is 5.69 Å². The van der Waals surface area contributed by atoms with Crippen LogP contribution < -0.4 is 10.1 Å². The first kappa shape index (κ1) is 24.1. The first-order valence-corrected chi connectivity index (χ1v) is 12.2. The van der Waals surface area contributed by atoms with Gasteiger partial charge in [0.25, 0.3) is 0 Å². The number of nitrogens with one attached hydrogen (secondary N) is 1. The van der Waals surface area contributed by atoms with Gasteiger partial charge >= 0.3 is 0 Å². The van der Waals surface area contributed by atoms with Crippen LogP contribution in [0.2, 0.25) is 5.02 Å². The minimum Gasteiger partial charge on any atom is -0.483 e. The summed E-state index contributed by atoms with van der Waals surface area (Å²) in [4.78, 5) is 12.7. The zero-order valence-electron chi connectivity index (χ0n) is 18.9. The number of ether oxygens (including phenoxy) is 1. The summed E-state index contributed by atoms with van der Waals surface area (Å²) in [5.74, 6) is 1.58. The molecule has 1 heterocycles. The number of anilines is 1. The molecule has 0 fully saturated rings. The number of hydrogen-bond acceptors (Lipinski definition) is 5. The third-order valence-electron chi connectivity index (χ3n) is 5.13. The number of halogens is 1. The Morgan fingerprint density at radius 2 is 1.81 bits per heavy atom. The number of thioether (sulfide) groups is 1. The summed E-state index contributed by atoms with van der Waals surface area (Å²) in [6, 6.07) is 13.4. The molecule has 6 nitrogen and oxygen atoms in total. The smallest absolute Gasteiger partial charge is 0.234 e. The maximum absolute atomic E-state index is 12.7. The van der Waals surface area contributed by atoms with Gasteiger partial charge in [-0.3, -0.25) is 4.79 Å². The molecular weight excluding hydrogens is 444 g/mol. The molecule has 170 valence electrons. The van der Waals surface area contributed by atoms with Gasteiger partial charge in [-0.15, -0.1) is 10.2 Å². The highest BCUT2D eigenvalue weighted by Crippen LogP contribution is 2.27. The molecule has 8 heteroatoms. The van der Waals surface area contributed by atoms with Crippen molar-refractivity contribution in [3.63, 3.8) is 0 Å². The number of benzene rings is 2. The van der Waals surface area contributed by atoms with Crippen LogP contribution in [-0.2, 0) is 24.2 Å². The van der Waals surface area contributed by atoms with Gasteiger partial charge in [0, 0.05) is 17.3 Å². The Morgan fingerprint density at radius 3 is 2.44 bits per heavy atom. The van der Waals surface area contributed by atoms with Crippen molar-refractivity contribution in [2.45, 2.75) is 58.3 Å². The molecule has 0 bridgehead atoms. The van der Waals surface area contributed by atoms with Crippen LogP contribution in [0, 0.1) is 0 Å². The second kappa shape index (κ2) is 11.4. The van der Waals surface area contributed by atoms with E-state index in [1.54, 1.807) is 12.1 Å². The first-order chi connectivity index (χ1) is 15.5. The largest absolute Gasteiger partial charge is 0.483 e. The quantitative estimate of drug-likeness (QED) is 0.369. The lowest BCUT2D eigenvalue weighted by Crippen LogP contribution is -2.17. The molecule has 1 unspecified atom stereocenters. The number of hydrogen-bond donors (Lipinski definition) is 1. The van der Waals surface area contributed by atoms with E-state index >= 15 is 0 Å². The van der Waals surface area contributed by atoms with E-state index in [2.05, 4.69) is 41.5 Å². The number of nitrogens with zero attached hydrogens (tertiary/aromatic N) is 3. The molecule has 0 aliphatic heterocycles. The minimum atomic E-state index is -0.312. The number of carbonyl (C=O) groups is 1. The van der Waals surface area contributed by atoms with Crippen LogP contribution in [0.1, 0.15) is 50.8 Å². The van der Waals surface area contributed by atoms with Crippen molar-refractivity contribution in [2.75, 3.05) is 11.1 Å². The Kier molecular flexibility index (Phi) is 8.59. The van der Waals surface area contributed by atoms with Gasteiger partial charge in [0.15, 0.2) is 17.1 Å². The number of aromatic nitrogens is 3. The zero-order valence-corrected chi connectivity index (χ0v) is 20.5. The summed E-state index contributed by atoms with van der Waals surface area (Å²) >= 11 is 7.42. The summed E-state index contributed by atoms with van der Waals surface area (Å²) in [6.07, 6.45) is 1.43. The number of para-hydroxylation sites is 1. The molecule has 32 heavy (non-hydrogen) atoms. The van der Waals surface area contributed by atoms with Crippen molar-refractivity contribution in [3.05, 3.63) is 64.4 Å². The molecule has 1 amide bonds. The fraction of sp³-hybridized carbons (Fsp3) is 0.375. The predicted octanol–water partition coefficient (Wildman–Crippen LogP) is 5.95. The average molecular weight is 473 g/mol. The molecule has 2 aromatic carbocycles. The molecule has 0 radical (unpaired) electrons. The molecule has 1 N–H and O–H groups in total. The van der Waals surface area contributed by atoms with E-state index in [9.17, 15) is 4.79 Å². The van der Waals surface area contributed by atoms with Crippen molar-refractivity contribution in [1.82, 2.24) is 14.8 Å². The highest BCUT2D eigenvalue weighted by atomic mass is 35.5. The Bertz CT molecular complexity index is 1050. The van der Waals surface area contributed by atoms with Crippen molar-refractivity contribution >= 4 is 35.0 Å². The number of amides is 1. The van der Waals surface area contributed by atoms with Gasteiger partial charge in [0.1, 0.15) is 5.75 Å². The van der Waals surface area contributed by atoms with Crippen molar-refractivity contribution in [3.8, 4) is 5.75 Å². The maximum atomic E-state index is 12.7. The van der Waals surface area contributed by atoms with Crippen molar-refractivity contribution in [2.24, 2.45) is 0 Å². The summed E-state index contributed by atoms with van der Waals surface area (Å²) < 4.78 is 7.97. The SMILES string of the molecule is CCc1cccc(CC)c1NC(=O)CSc1nnc(C(C)Oc2cccc(Cl)c2)n1CC. The van der Waals surface area contributed by atoms with Crippen LogP contribution in [0.25, 0.3) is 0 Å². The van der Waals surface area contributed by atoms with E-state index in [0.717, 1.165) is 29.7 Å². The van der Waals surface area contributed by atoms with Crippen LogP contribution in [0.5, 0.6) is 5.75 Å². The second-order valence-electron chi connectivity index (χ2n) is 7.30. The van der Waals surface area contributed by atoms with Crippen molar-refractivity contribution < 1.29 is 9.53 Å². The Labute approximate surface area is 198 Å². The standard InChI is InChI=1S/C24H29ClN4O2S/c1-5-17-10-8-11-18(6-2)22(17)26-21(30)15-32-24-28-27-23(29(24)7-3)16(4)31-20-13-9-12-19(25)14-20/h8-14,16H,5-7,15H2,1-4H3,(H,26,30). The van der Waals surface area contributed by atoms with E-state index in [1.165, 1.54) is 11.8 Å². The first-order valence-electron chi connectivity index (χ1n) is 10.8. The lowest BCUT2D eigenvalue weighted by atomic mass is 10.0. The Hall–Kier alpha value is -2.51. The second-order valence-corrected chi connectivity index (χ2v) is 8.68. The van der Waals surface area contributed by atoms with Gasteiger partial charge in [0.2, 0.25) is 5.91 Å². The third kappa shape index (κ3) is 5.84. The fourth-order valence-electron chi connectivity index (χ4n) is 3.51. The van der Waals surface area contributed by atoms with Crippen molar-refractivity contribution in [1.29, 1.82) is 0 Å². The van der Waals surface area contributed by atoms with Gasteiger partial charge < -0.3 is 14.6 Å². The Morgan fingerprint density at radius 1 is 1.12 bits per heavy atom. The van der Waals surface area contributed by atoms with E-state index < -0.39 is 0 Å². The molecule has 0 saturated heterocycles. The number of carbonyl (C=O) groups excluding carboxylic acids is 1. The van der Waals surface area contributed by atoms with Crippen LogP contribution in [-0.4, -0.2) is 26.4 Å². The molecule has 1 atom stereocenters. The summed E-state index contributed by atoms with van der Waals surface area (Å²) in [7, 11) is 0. The zero-order chi connectivity index (χ0) is 23.1. The van der Waals surface area contributed by atoms with E-state index in [1.807, 2.05) is 36.6 Å². The van der Waals surface area contributed by atoms with Gasteiger partial charge in [-0.2, -0.15) is 0 Å². The molecule has 3 rings (SSSR count). The topological polar surface area (TPSA) is 69.0 Å². The van der Waals surface area contributed by atoms with E-state index in [0.29, 0.717) is 28.3 Å². The number of aryl methyl sites for hydroxylation is 2. The molecule has 0 aliphatic rings. The molecular formula is C24H29ClN4O2S. The summed E-state index contributed by atoms with van der Waals surface area (Å²) in [6.45, 7) is 8.81. The lowest BCUT2D eigenvalue weighted by Gasteiger charge is -2.16. The minimum absolute atomic E-state index is 0.0546. The summed E-state index contributed by atoms with van der Waals surface area (Å²) in [5.41, 5.74) is 3.23.